The van der Waals surface area contributed by atoms with E-state index in [1.165, 1.54) is 16.6 Å². The summed E-state index contributed by atoms with van der Waals surface area (Å²) in [6.45, 7) is 4.37. The molecule has 3 aromatic rings. The van der Waals surface area contributed by atoms with E-state index < -0.39 is 24.8 Å². The summed E-state index contributed by atoms with van der Waals surface area (Å²) in [7, 11) is 2.87. The van der Waals surface area contributed by atoms with Crippen LogP contribution in [-0.2, 0) is 16.0 Å². The number of benzene rings is 2. The van der Waals surface area contributed by atoms with Gasteiger partial charge in [0.25, 0.3) is 0 Å². The van der Waals surface area contributed by atoms with Gasteiger partial charge in [0.05, 0.1) is 38.5 Å². The zero-order valence-electron chi connectivity index (χ0n) is 23.8. The number of halogens is 3. The van der Waals surface area contributed by atoms with Gasteiger partial charge in [0.1, 0.15) is 5.75 Å². The Balaban J connectivity index is 1.70. The Morgan fingerprint density at radius 1 is 1.07 bits per heavy atom. The van der Waals surface area contributed by atoms with E-state index in [2.05, 4.69) is 4.90 Å². The molecule has 1 atom stereocenters. The van der Waals surface area contributed by atoms with Gasteiger partial charge in [-0.2, -0.15) is 13.2 Å². The van der Waals surface area contributed by atoms with Crippen molar-refractivity contribution in [1.82, 2.24) is 14.4 Å². The maximum Gasteiger partial charge on any atom is 0.418 e. The number of fused-ring (bicyclic) bond motifs is 1. The molecule has 1 aliphatic rings. The quantitative estimate of drug-likeness (QED) is 0.231. The minimum atomic E-state index is -4.32. The standard InChI is InChI=1S/C30H36F3N3O5/c1-5-6-15-41-29(38)36-12-11-23-24(26(39-3)16-20(2)27(23)36)17-35-14-13-34(19-30(31,32)33)18-25(35)21-7-9-22(10-8-21)28(37)40-4/h7-12,16,25H,5-6,13-15,17-19H2,1-4H3. The van der Waals surface area contributed by atoms with Gasteiger partial charge >= 0.3 is 18.2 Å². The second-order valence-corrected chi connectivity index (χ2v) is 10.2. The van der Waals surface area contributed by atoms with Crippen molar-refractivity contribution in [2.75, 3.05) is 47.0 Å². The zero-order chi connectivity index (χ0) is 29.7. The molecule has 1 saturated heterocycles. The average Bonchev–Trinajstić information content (AvgIpc) is 3.40. The van der Waals surface area contributed by atoms with Crippen LogP contribution in [0.15, 0.2) is 42.6 Å². The van der Waals surface area contributed by atoms with Crippen molar-refractivity contribution in [2.45, 2.75) is 45.5 Å². The van der Waals surface area contributed by atoms with Crippen LogP contribution in [0.5, 0.6) is 5.75 Å². The maximum atomic E-state index is 13.3. The first kappa shape index (κ1) is 30.4. The van der Waals surface area contributed by atoms with Crippen LogP contribution in [0.4, 0.5) is 18.0 Å². The van der Waals surface area contributed by atoms with Crippen LogP contribution in [0.2, 0.25) is 0 Å². The molecule has 1 aliphatic heterocycles. The van der Waals surface area contributed by atoms with E-state index in [0.717, 1.165) is 34.9 Å². The molecule has 0 amide bonds. The van der Waals surface area contributed by atoms with Gasteiger partial charge in [-0.15, -0.1) is 0 Å². The SMILES string of the molecule is CCCCOC(=O)n1ccc2c(CN3CCN(CC(F)(F)F)CC3c3ccc(C(=O)OC)cc3)c(OC)cc(C)c21. The minimum Gasteiger partial charge on any atom is -0.496 e. The topological polar surface area (TPSA) is 73.2 Å². The number of esters is 1. The van der Waals surface area contributed by atoms with Crippen molar-refractivity contribution < 1.29 is 37.0 Å². The molecule has 1 fully saturated rings. The summed E-state index contributed by atoms with van der Waals surface area (Å²) in [6.07, 6.45) is -1.42. The summed E-state index contributed by atoms with van der Waals surface area (Å²) in [5, 5.41) is 0.812. The fraction of sp³-hybridized carbons (Fsp3) is 0.467. The highest BCUT2D eigenvalue weighted by molar-refractivity contribution is 5.95. The van der Waals surface area contributed by atoms with E-state index in [1.807, 2.05) is 26.0 Å². The Bertz CT molecular complexity index is 1370. The molecular weight excluding hydrogens is 539 g/mol. The molecule has 0 saturated carbocycles. The van der Waals surface area contributed by atoms with Gasteiger partial charge < -0.3 is 14.2 Å². The van der Waals surface area contributed by atoms with Crippen LogP contribution in [-0.4, -0.2) is 79.6 Å². The highest BCUT2D eigenvalue weighted by atomic mass is 19.4. The molecule has 2 aromatic carbocycles. The molecule has 1 unspecified atom stereocenters. The second-order valence-electron chi connectivity index (χ2n) is 10.2. The Kier molecular flexibility index (Phi) is 9.60. The molecule has 2 heterocycles. The molecule has 0 spiro atoms. The van der Waals surface area contributed by atoms with Crippen LogP contribution in [0.25, 0.3) is 10.9 Å². The van der Waals surface area contributed by atoms with E-state index in [9.17, 15) is 22.8 Å². The summed E-state index contributed by atoms with van der Waals surface area (Å²) >= 11 is 0. The predicted molar refractivity (Wildman–Crippen MR) is 148 cm³/mol. The number of nitrogens with zero attached hydrogens (tertiary/aromatic N) is 3. The lowest BCUT2D eigenvalue weighted by Gasteiger charge is -2.42. The largest absolute Gasteiger partial charge is 0.496 e. The highest BCUT2D eigenvalue weighted by Crippen LogP contribution is 2.36. The van der Waals surface area contributed by atoms with Gasteiger partial charge in [0.15, 0.2) is 0 Å². The van der Waals surface area contributed by atoms with Crippen LogP contribution < -0.4 is 4.74 Å². The van der Waals surface area contributed by atoms with Crippen molar-refractivity contribution in [2.24, 2.45) is 0 Å². The number of aromatic nitrogens is 1. The summed E-state index contributed by atoms with van der Waals surface area (Å²) < 4.78 is 57.4. The third-order valence-electron chi connectivity index (χ3n) is 7.43. The highest BCUT2D eigenvalue weighted by Gasteiger charge is 2.36. The van der Waals surface area contributed by atoms with Crippen LogP contribution >= 0.6 is 0 Å². The fourth-order valence-electron chi connectivity index (χ4n) is 5.38. The molecule has 0 bridgehead atoms. The van der Waals surface area contributed by atoms with Gasteiger partial charge in [0, 0.05) is 49.4 Å². The zero-order valence-corrected chi connectivity index (χ0v) is 23.8. The average molecular weight is 576 g/mol. The van der Waals surface area contributed by atoms with E-state index in [1.54, 1.807) is 37.6 Å². The number of alkyl halides is 3. The number of hydrogen-bond acceptors (Lipinski definition) is 7. The number of hydrogen-bond donors (Lipinski definition) is 0. The van der Waals surface area contributed by atoms with Crippen molar-refractivity contribution in [3.05, 3.63) is 64.8 Å². The lowest BCUT2D eigenvalue weighted by Crippen LogP contribution is -2.50. The molecular formula is C30H36F3N3O5. The predicted octanol–water partition coefficient (Wildman–Crippen LogP) is 5.95. The van der Waals surface area contributed by atoms with Crippen LogP contribution in [0.3, 0.4) is 0 Å². The number of piperazine rings is 1. The van der Waals surface area contributed by atoms with Crippen LogP contribution in [0.1, 0.15) is 52.9 Å². The molecule has 0 radical (unpaired) electrons. The summed E-state index contributed by atoms with van der Waals surface area (Å²) in [5.41, 5.74) is 3.51. The third kappa shape index (κ3) is 7.02. The molecule has 8 nitrogen and oxygen atoms in total. The summed E-state index contributed by atoms with van der Waals surface area (Å²) in [5.74, 6) is 0.143. The van der Waals surface area contributed by atoms with Gasteiger partial charge in [-0.05, 0) is 48.7 Å². The molecule has 4 rings (SSSR count). The molecule has 1 aromatic heterocycles. The summed E-state index contributed by atoms with van der Waals surface area (Å²) in [6, 6.07) is 10.1. The smallest absolute Gasteiger partial charge is 0.418 e. The second kappa shape index (κ2) is 12.9. The van der Waals surface area contributed by atoms with Crippen molar-refractivity contribution in [3.8, 4) is 5.75 Å². The number of carbonyl (C=O) groups excluding carboxylic acids is 2. The van der Waals surface area contributed by atoms with Gasteiger partial charge in [-0.1, -0.05) is 25.5 Å². The fourth-order valence-corrected chi connectivity index (χ4v) is 5.38. The molecule has 11 heteroatoms. The number of carbonyl (C=O) groups is 2. The number of unbranched alkanes of at least 4 members (excludes halogenated alkanes) is 1. The van der Waals surface area contributed by atoms with Gasteiger partial charge in [-0.3, -0.25) is 14.4 Å². The first-order valence-electron chi connectivity index (χ1n) is 13.6. The van der Waals surface area contributed by atoms with Crippen molar-refractivity contribution in [1.29, 1.82) is 0 Å². The molecule has 0 N–H and O–H groups in total. The maximum absolute atomic E-state index is 13.3. The molecule has 41 heavy (non-hydrogen) atoms. The van der Waals surface area contributed by atoms with Crippen molar-refractivity contribution in [3.63, 3.8) is 0 Å². The Morgan fingerprint density at radius 2 is 1.80 bits per heavy atom. The molecule has 0 aliphatic carbocycles. The van der Waals surface area contributed by atoms with Gasteiger partial charge in [-0.25, -0.2) is 9.59 Å². The monoisotopic (exact) mass is 575 g/mol. The van der Waals surface area contributed by atoms with Gasteiger partial charge in [0.2, 0.25) is 0 Å². The summed E-state index contributed by atoms with van der Waals surface area (Å²) in [4.78, 5) is 28.3. The number of methoxy groups -OCH3 is 2. The number of ether oxygens (including phenoxy) is 3. The lowest BCUT2D eigenvalue weighted by molar-refractivity contribution is -0.152. The van der Waals surface area contributed by atoms with Crippen LogP contribution in [0, 0.1) is 6.92 Å². The van der Waals surface area contributed by atoms with E-state index >= 15 is 0 Å². The molecule has 222 valence electrons. The third-order valence-corrected chi connectivity index (χ3v) is 7.43. The normalized spacial score (nSPS) is 16.6. The first-order valence-corrected chi connectivity index (χ1v) is 13.6. The van der Waals surface area contributed by atoms with Crippen molar-refractivity contribution >= 4 is 23.0 Å². The Morgan fingerprint density at radius 3 is 2.44 bits per heavy atom. The minimum absolute atomic E-state index is 0.152. The Hall–Kier alpha value is -3.57. The number of rotatable bonds is 9. The lowest BCUT2D eigenvalue weighted by atomic mass is 9.98. The number of aryl methyl sites for hydroxylation is 1. The van der Waals surface area contributed by atoms with E-state index in [0.29, 0.717) is 36.5 Å². The van der Waals surface area contributed by atoms with E-state index in [4.69, 9.17) is 14.2 Å². The Labute approximate surface area is 237 Å². The van der Waals surface area contributed by atoms with E-state index in [-0.39, 0.29) is 19.1 Å². The first-order chi connectivity index (χ1) is 19.6.